The first kappa shape index (κ1) is 23.7. The number of thiocarbonyl (C=S) groups is 1. The van der Waals surface area contributed by atoms with E-state index in [1.54, 1.807) is 25.3 Å². The van der Waals surface area contributed by atoms with Crippen LogP contribution in [0.15, 0.2) is 36.4 Å². The van der Waals surface area contributed by atoms with Gasteiger partial charge in [0.15, 0.2) is 5.11 Å². The summed E-state index contributed by atoms with van der Waals surface area (Å²) in [6.45, 7) is 2.35. The van der Waals surface area contributed by atoms with E-state index in [1.807, 2.05) is 13.0 Å². The van der Waals surface area contributed by atoms with Crippen molar-refractivity contribution in [1.29, 1.82) is 0 Å². The Balaban J connectivity index is 2.23. The predicted molar refractivity (Wildman–Crippen MR) is 122 cm³/mol. The first-order valence-corrected chi connectivity index (χ1v) is 9.85. The van der Waals surface area contributed by atoms with Crippen molar-refractivity contribution in [2.45, 2.75) is 19.0 Å². The van der Waals surface area contributed by atoms with Gasteiger partial charge >= 0.3 is 6.03 Å². The molecule has 7 nitrogen and oxygen atoms in total. The molecule has 0 saturated carbocycles. The molecule has 0 heterocycles. The zero-order chi connectivity index (χ0) is 22.3. The van der Waals surface area contributed by atoms with E-state index in [4.69, 9.17) is 34.3 Å². The Hall–Kier alpha value is -2.62. The lowest BCUT2D eigenvalue weighted by molar-refractivity contribution is 0.130. The van der Waals surface area contributed by atoms with Crippen molar-refractivity contribution in [2.24, 2.45) is 0 Å². The Bertz CT molecular complexity index is 930. The molecule has 0 unspecified atom stereocenters. The molecule has 0 aromatic heterocycles. The van der Waals surface area contributed by atoms with Crippen LogP contribution in [0.25, 0.3) is 0 Å². The molecule has 0 saturated heterocycles. The van der Waals surface area contributed by atoms with Gasteiger partial charge in [0.25, 0.3) is 0 Å². The van der Waals surface area contributed by atoms with Gasteiger partial charge < -0.3 is 31.7 Å². The Morgan fingerprint density at radius 2 is 2.07 bits per heavy atom. The van der Waals surface area contributed by atoms with E-state index in [1.165, 1.54) is 19.2 Å². The lowest BCUT2D eigenvalue weighted by atomic mass is 9.93. The van der Waals surface area contributed by atoms with Gasteiger partial charge in [-0.25, -0.2) is 9.18 Å². The van der Waals surface area contributed by atoms with E-state index in [9.17, 15) is 9.18 Å². The zero-order valence-corrected chi connectivity index (χ0v) is 18.5. The number of amides is 2. The summed E-state index contributed by atoms with van der Waals surface area (Å²) in [7, 11) is 3.09. The molecule has 2 aromatic rings. The maximum Gasteiger partial charge on any atom is 0.314 e. The fraction of sp³-hybridized carbons (Fsp3) is 0.300. The highest BCUT2D eigenvalue weighted by Gasteiger charge is 2.28. The van der Waals surface area contributed by atoms with E-state index in [2.05, 4.69) is 21.3 Å². The summed E-state index contributed by atoms with van der Waals surface area (Å²) in [6.07, 6.45) is 0. The highest BCUT2D eigenvalue weighted by molar-refractivity contribution is 7.80. The number of nitrogens with one attached hydrogen (secondary N) is 4. The van der Waals surface area contributed by atoms with E-state index >= 15 is 0 Å². The van der Waals surface area contributed by atoms with Crippen LogP contribution in [0.4, 0.5) is 20.6 Å². The molecule has 0 aliphatic carbocycles. The number of hydrogen-bond acceptors (Lipinski definition) is 4. The molecule has 0 fully saturated rings. The number of hydrogen-bond donors (Lipinski definition) is 5. The number of benzene rings is 2. The largest absolute Gasteiger partial charge is 0.397 e. The molecular weight excluding hydrogens is 429 g/mol. The Kier molecular flexibility index (Phi) is 8.22. The SMILES string of the molecule is CNC(=O)NCc1cccc(N)c1NC(=S)N[C@](C)(COC)c1ccc(F)c(Cl)c1. The monoisotopic (exact) mass is 453 g/mol. The molecule has 0 aliphatic rings. The summed E-state index contributed by atoms with van der Waals surface area (Å²) in [5, 5.41) is 11.8. The third-order valence-electron chi connectivity index (χ3n) is 4.47. The topological polar surface area (TPSA) is 100 Å². The number of nitrogens with two attached hydrogens (primary N) is 1. The highest BCUT2D eigenvalue weighted by Crippen LogP contribution is 2.27. The van der Waals surface area contributed by atoms with Crippen LogP contribution in [0.1, 0.15) is 18.1 Å². The normalized spacial score (nSPS) is 12.6. The number of urea groups is 1. The van der Waals surface area contributed by atoms with E-state index in [0.717, 1.165) is 5.56 Å². The quantitative estimate of drug-likeness (QED) is 0.325. The van der Waals surface area contributed by atoms with Crippen molar-refractivity contribution in [3.63, 3.8) is 0 Å². The molecule has 0 radical (unpaired) electrons. The average molecular weight is 454 g/mol. The molecule has 30 heavy (non-hydrogen) atoms. The summed E-state index contributed by atoms with van der Waals surface area (Å²) in [4.78, 5) is 11.5. The molecule has 0 spiro atoms. The minimum absolute atomic E-state index is 0.00497. The molecule has 10 heteroatoms. The van der Waals surface area contributed by atoms with Crippen molar-refractivity contribution in [3.8, 4) is 0 Å². The van der Waals surface area contributed by atoms with Crippen LogP contribution in [-0.2, 0) is 16.8 Å². The minimum atomic E-state index is -0.791. The molecule has 6 N–H and O–H groups in total. The van der Waals surface area contributed by atoms with Gasteiger partial charge in [0, 0.05) is 20.7 Å². The third kappa shape index (κ3) is 5.94. The standard InChI is InChI=1S/C20H25ClFN5O2S/c1-20(11-29-3,13-7-8-15(22)14(21)9-13)27-19(30)26-17-12(5-4-6-16(17)23)10-25-18(28)24-2/h4-9H,10-11,23H2,1-3H3,(H2,24,25,28)(H2,26,27,30)/t20-/m1/s1. The van der Waals surface area contributed by atoms with E-state index in [0.29, 0.717) is 16.9 Å². The lowest BCUT2D eigenvalue weighted by Crippen LogP contribution is -2.48. The van der Waals surface area contributed by atoms with Crippen LogP contribution in [0, 0.1) is 5.82 Å². The number of para-hydroxylation sites is 1. The summed E-state index contributed by atoms with van der Waals surface area (Å²) < 4.78 is 18.9. The van der Waals surface area contributed by atoms with Gasteiger partial charge in [-0.2, -0.15) is 0 Å². The summed E-state index contributed by atoms with van der Waals surface area (Å²) in [5.74, 6) is -0.508. The van der Waals surface area contributed by atoms with Crippen molar-refractivity contribution in [1.82, 2.24) is 16.0 Å². The summed E-state index contributed by atoms with van der Waals surface area (Å²) in [6, 6.07) is 9.46. The van der Waals surface area contributed by atoms with Crippen LogP contribution in [0.3, 0.4) is 0 Å². The number of carbonyl (C=O) groups is 1. The Morgan fingerprint density at radius 1 is 1.33 bits per heavy atom. The first-order chi connectivity index (χ1) is 14.2. The molecule has 162 valence electrons. The second-order valence-electron chi connectivity index (χ2n) is 6.79. The van der Waals surface area contributed by atoms with Crippen LogP contribution in [-0.4, -0.2) is 31.9 Å². The molecule has 0 aliphatic heterocycles. The van der Waals surface area contributed by atoms with Gasteiger partial charge in [0.05, 0.1) is 28.5 Å². The fourth-order valence-electron chi connectivity index (χ4n) is 2.90. The van der Waals surface area contributed by atoms with Crippen LogP contribution in [0.5, 0.6) is 0 Å². The average Bonchev–Trinajstić information content (AvgIpc) is 2.70. The second-order valence-corrected chi connectivity index (χ2v) is 7.60. The van der Waals surface area contributed by atoms with Crippen molar-refractivity contribution >= 4 is 46.3 Å². The smallest absolute Gasteiger partial charge is 0.314 e. The van der Waals surface area contributed by atoms with Gasteiger partial charge in [-0.15, -0.1) is 0 Å². The Labute approximate surface area is 185 Å². The van der Waals surface area contributed by atoms with Gasteiger partial charge in [0.1, 0.15) is 5.82 Å². The van der Waals surface area contributed by atoms with Gasteiger partial charge in [-0.1, -0.05) is 29.8 Å². The number of carbonyl (C=O) groups excluding carboxylic acids is 1. The molecule has 2 rings (SSSR count). The summed E-state index contributed by atoms with van der Waals surface area (Å²) >= 11 is 11.4. The molecule has 0 bridgehead atoms. The molecule has 1 atom stereocenters. The van der Waals surface area contributed by atoms with Crippen molar-refractivity contribution in [2.75, 3.05) is 31.8 Å². The highest BCUT2D eigenvalue weighted by atomic mass is 35.5. The van der Waals surface area contributed by atoms with Crippen molar-refractivity contribution < 1.29 is 13.9 Å². The second kappa shape index (κ2) is 10.4. The lowest BCUT2D eigenvalue weighted by Gasteiger charge is -2.32. The number of ether oxygens (including phenoxy) is 1. The number of nitrogen functional groups attached to an aromatic ring is 1. The minimum Gasteiger partial charge on any atom is -0.397 e. The van der Waals surface area contributed by atoms with E-state index < -0.39 is 11.4 Å². The maximum absolute atomic E-state index is 13.6. The first-order valence-electron chi connectivity index (χ1n) is 9.06. The van der Waals surface area contributed by atoms with Crippen molar-refractivity contribution in [3.05, 3.63) is 58.4 Å². The van der Waals surface area contributed by atoms with Gasteiger partial charge in [-0.05, 0) is 48.5 Å². The molecule has 2 aromatic carbocycles. The number of halogens is 2. The maximum atomic E-state index is 13.6. The van der Waals surface area contributed by atoms with Crippen LogP contribution < -0.4 is 27.0 Å². The summed E-state index contributed by atoms with van der Waals surface area (Å²) in [5.41, 5.74) is 7.81. The van der Waals surface area contributed by atoms with Gasteiger partial charge in [-0.3, -0.25) is 0 Å². The van der Waals surface area contributed by atoms with E-state index in [-0.39, 0.29) is 29.3 Å². The van der Waals surface area contributed by atoms with Gasteiger partial charge in [0.2, 0.25) is 0 Å². The third-order valence-corrected chi connectivity index (χ3v) is 4.96. The number of anilines is 2. The number of rotatable bonds is 7. The van der Waals surface area contributed by atoms with Crippen LogP contribution >= 0.6 is 23.8 Å². The molecule has 2 amide bonds. The fourth-order valence-corrected chi connectivity index (χ4v) is 3.41. The predicted octanol–water partition coefficient (Wildman–Crippen LogP) is 3.34. The van der Waals surface area contributed by atoms with Crippen LogP contribution in [0.2, 0.25) is 5.02 Å². The zero-order valence-electron chi connectivity index (χ0n) is 16.9. The molecular formula is C20H25ClFN5O2S. The Morgan fingerprint density at radius 3 is 2.70 bits per heavy atom. The number of methoxy groups -OCH3 is 1.